The Morgan fingerprint density at radius 3 is 2.47 bits per heavy atom. The monoisotopic (exact) mass is 264 g/mol. The van der Waals surface area contributed by atoms with E-state index in [0.717, 1.165) is 37.3 Å². The first-order valence-corrected chi connectivity index (χ1v) is 7.18. The van der Waals surface area contributed by atoms with Crippen molar-refractivity contribution in [3.63, 3.8) is 0 Å². The molecule has 2 rings (SSSR count). The molecule has 0 amide bonds. The molecule has 2 atom stereocenters. The number of nitrogens with zero attached hydrogens (tertiary/aromatic N) is 2. The summed E-state index contributed by atoms with van der Waals surface area (Å²) in [6.45, 7) is 5.75. The molecule has 0 aromatic carbocycles. The van der Waals surface area contributed by atoms with E-state index in [-0.39, 0.29) is 6.10 Å². The highest BCUT2D eigenvalue weighted by Crippen LogP contribution is 2.25. The lowest BCUT2D eigenvalue weighted by atomic mass is 9.92. The molecule has 0 saturated carbocycles. The predicted molar refractivity (Wildman–Crippen MR) is 76.1 cm³/mol. The number of rotatable bonds is 4. The molecule has 19 heavy (non-hydrogen) atoms. The van der Waals surface area contributed by atoms with Crippen LogP contribution in [0.3, 0.4) is 0 Å². The van der Waals surface area contributed by atoms with E-state index in [4.69, 9.17) is 0 Å². The van der Waals surface area contributed by atoms with Gasteiger partial charge in [-0.25, -0.2) is 0 Å². The molecule has 2 heterocycles. The molecule has 0 spiro atoms. The van der Waals surface area contributed by atoms with Crippen LogP contribution in [0.5, 0.6) is 0 Å². The molecule has 0 aliphatic carbocycles. The van der Waals surface area contributed by atoms with Gasteiger partial charge in [0.1, 0.15) is 0 Å². The first-order valence-electron chi connectivity index (χ1n) is 7.18. The van der Waals surface area contributed by atoms with Crippen LogP contribution < -0.4 is 4.90 Å². The van der Waals surface area contributed by atoms with Crippen LogP contribution >= 0.6 is 0 Å². The summed E-state index contributed by atoms with van der Waals surface area (Å²) in [7, 11) is 0. The fraction of sp³-hybridized carbons (Fsp3) is 0.667. The molecule has 2 N–H and O–H groups in total. The van der Waals surface area contributed by atoms with Gasteiger partial charge in [-0.3, -0.25) is 4.98 Å². The van der Waals surface area contributed by atoms with E-state index in [1.807, 2.05) is 32.2 Å². The third-order valence-electron chi connectivity index (χ3n) is 4.09. The number of anilines is 1. The molecule has 1 aliphatic heterocycles. The molecule has 1 saturated heterocycles. The lowest BCUT2D eigenvalue weighted by molar-refractivity contribution is 0.110. The van der Waals surface area contributed by atoms with E-state index >= 15 is 0 Å². The topological polar surface area (TPSA) is 56.6 Å². The molecule has 0 radical (unpaired) electrons. The van der Waals surface area contributed by atoms with Gasteiger partial charge >= 0.3 is 0 Å². The molecule has 1 aliphatic rings. The molecule has 1 aromatic heterocycles. The maximum absolute atomic E-state index is 9.72. The van der Waals surface area contributed by atoms with Crippen LogP contribution in [-0.4, -0.2) is 34.4 Å². The lowest BCUT2D eigenvalue weighted by Gasteiger charge is -2.34. The highest BCUT2D eigenvalue weighted by Gasteiger charge is 2.22. The van der Waals surface area contributed by atoms with Gasteiger partial charge in [-0.2, -0.15) is 0 Å². The van der Waals surface area contributed by atoms with Gasteiger partial charge in [-0.15, -0.1) is 0 Å². The molecule has 1 unspecified atom stereocenters. The maximum atomic E-state index is 9.72. The zero-order valence-electron chi connectivity index (χ0n) is 11.8. The summed E-state index contributed by atoms with van der Waals surface area (Å²) in [5.74, 6) is 0.422. The van der Waals surface area contributed by atoms with Crippen LogP contribution in [0.4, 0.5) is 5.69 Å². The van der Waals surface area contributed by atoms with Crippen molar-refractivity contribution in [2.24, 2.45) is 5.92 Å². The first kappa shape index (κ1) is 14.3. The molecule has 106 valence electrons. The van der Waals surface area contributed by atoms with Crippen LogP contribution in [0.2, 0.25) is 0 Å². The number of pyridine rings is 1. The second-order valence-corrected chi connectivity index (χ2v) is 5.43. The molecule has 1 aromatic rings. The fourth-order valence-corrected chi connectivity index (χ4v) is 2.63. The average Bonchev–Trinajstić information content (AvgIpc) is 2.46. The van der Waals surface area contributed by atoms with Crippen molar-refractivity contribution in [3.05, 3.63) is 24.0 Å². The average molecular weight is 264 g/mol. The van der Waals surface area contributed by atoms with E-state index in [1.165, 1.54) is 0 Å². The first-order chi connectivity index (χ1) is 9.11. The summed E-state index contributed by atoms with van der Waals surface area (Å²) < 4.78 is 0. The van der Waals surface area contributed by atoms with Crippen molar-refractivity contribution in [3.8, 4) is 0 Å². The molecule has 0 bridgehead atoms. The third-order valence-corrected chi connectivity index (χ3v) is 4.09. The zero-order chi connectivity index (χ0) is 13.8. The van der Waals surface area contributed by atoms with Gasteiger partial charge in [0.15, 0.2) is 0 Å². The number of piperidine rings is 1. The third kappa shape index (κ3) is 3.45. The number of hydrogen-bond donors (Lipinski definition) is 2. The maximum Gasteiger partial charge on any atom is 0.0957 e. The van der Waals surface area contributed by atoms with Crippen LogP contribution in [-0.2, 0) is 0 Å². The smallest absolute Gasteiger partial charge is 0.0957 e. The van der Waals surface area contributed by atoms with Gasteiger partial charge in [0.05, 0.1) is 29.8 Å². The van der Waals surface area contributed by atoms with E-state index in [9.17, 15) is 10.2 Å². The normalized spacial score (nSPS) is 20.3. The SMILES string of the molecule is CC[C@@H](O)c1ccc(N2CCC(C(C)O)CC2)cn1. The fourth-order valence-electron chi connectivity index (χ4n) is 2.63. The highest BCUT2D eigenvalue weighted by molar-refractivity contribution is 5.45. The molecule has 4 nitrogen and oxygen atoms in total. The quantitative estimate of drug-likeness (QED) is 0.874. The molecular weight excluding hydrogens is 240 g/mol. The minimum absolute atomic E-state index is 0.206. The van der Waals surface area contributed by atoms with E-state index in [2.05, 4.69) is 9.88 Å². The minimum atomic E-state index is -0.463. The van der Waals surface area contributed by atoms with Crippen molar-refractivity contribution in [1.29, 1.82) is 0 Å². The second kappa shape index (κ2) is 6.35. The summed E-state index contributed by atoms with van der Waals surface area (Å²) in [5, 5.41) is 19.3. The Labute approximate surface area is 115 Å². The molecule has 4 heteroatoms. The molecule has 1 fully saturated rings. The number of hydrogen-bond acceptors (Lipinski definition) is 4. The van der Waals surface area contributed by atoms with Gasteiger partial charge < -0.3 is 15.1 Å². The Bertz CT molecular complexity index is 384. The summed E-state index contributed by atoms with van der Waals surface area (Å²) in [6.07, 6.45) is 3.91. The van der Waals surface area contributed by atoms with Crippen molar-refractivity contribution < 1.29 is 10.2 Å². The van der Waals surface area contributed by atoms with Gasteiger partial charge in [-0.1, -0.05) is 6.92 Å². The van der Waals surface area contributed by atoms with Crippen LogP contribution in [0, 0.1) is 5.92 Å². The summed E-state index contributed by atoms with van der Waals surface area (Å²) in [5.41, 5.74) is 1.85. The number of aliphatic hydroxyl groups excluding tert-OH is 2. The van der Waals surface area contributed by atoms with Gasteiger partial charge in [-0.05, 0) is 44.2 Å². The number of aliphatic hydroxyl groups is 2. The van der Waals surface area contributed by atoms with Crippen LogP contribution in [0.1, 0.15) is 44.9 Å². The van der Waals surface area contributed by atoms with Crippen LogP contribution in [0.15, 0.2) is 18.3 Å². The van der Waals surface area contributed by atoms with E-state index in [1.54, 1.807) is 0 Å². The Morgan fingerprint density at radius 1 is 1.32 bits per heavy atom. The van der Waals surface area contributed by atoms with Crippen molar-refractivity contribution in [1.82, 2.24) is 4.98 Å². The summed E-state index contributed by atoms with van der Waals surface area (Å²) >= 11 is 0. The summed E-state index contributed by atoms with van der Waals surface area (Å²) in [6, 6.07) is 3.94. The van der Waals surface area contributed by atoms with Crippen molar-refractivity contribution in [2.75, 3.05) is 18.0 Å². The Balaban J connectivity index is 1.96. The second-order valence-electron chi connectivity index (χ2n) is 5.43. The highest BCUT2D eigenvalue weighted by atomic mass is 16.3. The predicted octanol–water partition coefficient (Wildman–Crippen LogP) is 2.12. The Kier molecular flexibility index (Phi) is 4.77. The van der Waals surface area contributed by atoms with Crippen molar-refractivity contribution in [2.45, 2.75) is 45.3 Å². The largest absolute Gasteiger partial charge is 0.393 e. The Hall–Kier alpha value is -1.13. The van der Waals surface area contributed by atoms with Crippen LogP contribution in [0.25, 0.3) is 0 Å². The number of aromatic nitrogens is 1. The van der Waals surface area contributed by atoms with E-state index < -0.39 is 6.10 Å². The minimum Gasteiger partial charge on any atom is -0.393 e. The zero-order valence-corrected chi connectivity index (χ0v) is 11.8. The summed E-state index contributed by atoms with van der Waals surface area (Å²) in [4.78, 5) is 6.64. The Morgan fingerprint density at radius 2 is 2.00 bits per heavy atom. The molecular formula is C15H24N2O2. The lowest BCUT2D eigenvalue weighted by Crippen LogP contribution is -2.37. The van der Waals surface area contributed by atoms with E-state index in [0.29, 0.717) is 12.3 Å². The van der Waals surface area contributed by atoms with Gasteiger partial charge in [0, 0.05) is 13.1 Å². The van der Waals surface area contributed by atoms with Gasteiger partial charge in [0.2, 0.25) is 0 Å². The standard InChI is InChI=1S/C15H24N2O2/c1-3-15(19)14-5-4-13(10-16-14)17-8-6-12(7-9-17)11(2)18/h4-5,10-12,15,18-19H,3,6-9H2,1-2H3/t11?,15-/m1/s1. The van der Waals surface area contributed by atoms with Gasteiger partial charge in [0.25, 0.3) is 0 Å². The van der Waals surface area contributed by atoms with Crippen molar-refractivity contribution >= 4 is 5.69 Å².